The van der Waals surface area contributed by atoms with Crippen LogP contribution in [0.25, 0.3) is 0 Å². The Balaban J connectivity index is 1.81. The van der Waals surface area contributed by atoms with Crippen LogP contribution in [0, 0.1) is 18.3 Å². The molecule has 0 unspecified atom stereocenters. The smallest absolute Gasteiger partial charge is 0.234 e. The van der Waals surface area contributed by atoms with Crippen LogP contribution in [-0.4, -0.2) is 11.7 Å². The zero-order valence-electron chi connectivity index (χ0n) is 12.1. The molecule has 3 nitrogen and oxygen atoms in total. The zero-order chi connectivity index (χ0) is 15.9. The summed E-state index contributed by atoms with van der Waals surface area (Å²) in [6.07, 6.45) is 0. The van der Waals surface area contributed by atoms with Crippen molar-refractivity contribution in [3.05, 3.63) is 63.6 Å². The van der Waals surface area contributed by atoms with Crippen LogP contribution in [0.3, 0.4) is 0 Å². The van der Waals surface area contributed by atoms with E-state index in [0.29, 0.717) is 11.3 Å². The quantitative estimate of drug-likeness (QED) is 0.837. The van der Waals surface area contributed by atoms with Crippen LogP contribution in [0.1, 0.15) is 16.7 Å². The van der Waals surface area contributed by atoms with E-state index in [1.165, 1.54) is 0 Å². The highest BCUT2D eigenvalue weighted by molar-refractivity contribution is 9.10. The van der Waals surface area contributed by atoms with Crippen LogP contribution in [0.5, 0.6) is 0 Å². The maximum Gasteiger partial charge on any atom is 0.234 e. The van der Waals surface area contributed by atoms with E-state index in [0.717, 1.165) is 27.0 Å². The monoisotopic (exact) mass is 374 g/mol. The molecule has 0 fully saturated rings. The Labute approximate surface area is 142 Å². The highest BCUT2D eigenvalue weighted by atomic mass is 79.9. The lowest BCUT2D eigenvalue weighted by Gasteiger charge is -2.08. The normalized spacial score (nSPS) is 10.0. The summed E-state index contributed by atoms with van der Waals surface area (Å²) in [5.74, 6) is 1.14. The summed E-state index contributed by atoms with van der Waals surface area (Å²) in [5, 5.41) is 11.7. The van der Waals surface area contributed by atoms with Crippen molar-refractivity contribution in [3.63, 3.8) is 0 Å². The fourth-order valence-electron chi connectivity index (χ4n) is 1.89. The van der Waals surface area contributed by atoms with Crippen LogP contribution >= 0.6 is 27.7 Å². The predicted molar refractivity (Wildman–Crippen MR) is 94.8 cm³/mol. The minimum Gasteiger partial charge on any atom is -0.325 e. The van der Waals surface area contributed by atoms with Crippen LogP contribution < -0.4 is 5.32 Å². The second-order valence-corrected chi connectivity index (χ2v) is 6.71. The van der Waals surface area contributed by atoms with Gasteiger partial charge in [0, 0.05) is 15.9 Å². The van der Waals surface area contributed by atoms with Gasteiger partial charge >= 0.3 is 0 Å². The number of nitrogens with one attached hydrogen (secondary N) is 1. The molecule has 0 atom stereocenters. The molecule has 0 aliphatic carbocycles. The molecule has 22 heavy (non-hydrogen) atoms. The maximum absolute atomic E-state index is 12.0. The van der Waals surface area contributed by atoms with Gasteiger partial charge in [0.05, 0.1) is 17.4 Å². The minimum atomic E-state index is -0.0101. The molecule has 2 rings (SSSR count). The first-order valence-electron chi connectivity index (χ1n) is 6.71. The molecule has 0 spiro atoms. The van der Waals surface area contributed by atoms with Gasteiger partial charge in [-0.05, 0) is 48.4 Å². The number of carbonyl (C=O) groups excluding carboxylic acids is 1. The number of nitriles is 1. The van der Waals surface area contributed by atoms with Gasteiger partial charge in [-0.25, -0.2) is 0 Å². The number of hydrogen-bond donors (Lipinski definition) is 1. The Morgan fingerprint density at radius 2 is 2.00 bits per heavy atom. The van der Waals surface area contributed by atoms with Crippen LogP contribution in [0.15, 0.2) is 46.9 Å². The standard InChI is InChI=1S/C17H15BrN2OS/c1-12-8-15(18)6-7-16(12)20-17(21)11-22-10-14-4-2-13(9-19)3-5-14/h2-8H,10-11H2,1H3,(H,20,21). The van der Waals surface area contributed by atoms with E-state index in [1.54, 1.807) is 23.9 Å². The Kier molecular flexibility index (Phi) is 6.05. The van der Waals surface area contributed by atoms with E-state index in [4.69, 9.17) is 5.26 Å². The van der Waals surface area contributed by atoms with Crippen molar-refractivity contribution >= 4 is 39.3 Å². The Bertz CT molecular complexity index is 708. The minimum absolute atomic E-state index is 0.0101. The number of carbonyl (C=O) groups is 1. The van der Waals surface area contributed by atoms with Gasteiger partial charge in [-0.3, -0.25) is 4.79 Å². The molecule has 0 aliphatic heterocycles. The fourth-order valence-corrected chi connectivity index (χ4v) is 3.15. The Morgan fingerprint density at radius 3 is 2.64 bits per heavy atom. The summed E-state index contributed by atoms with van der Waals surface area (Å²) in [7, 11) is 0. The molecule has 112 valence electrons. The van der Waals surface area contributed by atoms with Gasteiger partial charge in [-0.2, -0.15) is 5.26 Å². The molecule has 0 aromatic heterocycles. The van der Waals surface area contributed by atoms with E-state index in [2.05, 4.69) is 27.3 Å². The number of benzene rings is 2. The second-order valence-electron chi connectivity index (χ2n) is 4.81. The van der Waals surface area contributed by atoms with Crippen molar-refractivity contribution in [3.8, 4) is 6.07 Å². The molecule has 0 saturated heterocycles. The van der Waals surface area contributed by atoms with Gasteiger partial charge in [0.25, 0.3) is 0 Å². The molecule has 0 aliphatic rings. The third-order valence-corrected chi connectivity index (χ3v) is 4.54. The maximum atomic E-state index is 12.0. The van der Waals surface area contributed by atoms with E-state index in [-0.39, 0.29) is 5.91 Å². The molecule has 0 bridgehead atoms. The van der Waals surface area contributed by atoms with Crippen molar-refractivity contribution in [2.75, 3.05) is 11.1 Å². The molecular weight excluding hydrogens is 360 g/mol. The van der Waals surface area contributed by atoms with Crippen LogP contribution in [0.2, 0.25) is 0 Å². The third-order valence-electron chi connectivity index (χ3n) is 3.05. The molecule has 2 aromatic rings. The number of thioether (sulfide) groups is 1. The predicted octanol–water partition coefficient (Wildman–Crippen LogP) is 4.50. The number of rotatable bonds is 5. The molecule has 1 amide bonds. The van der Waals surface area contributed by atoms with E-state index in [1.807, 2.05) is 37.3 Å². The lowest BCUT2D eigenvalue weighted by atomic mass is 10.2. The number of halogens is 1. The number of aryl methyl sites for hydroxylation is 1. The summed E-state index contributed by atoms with van der Waals surface area (Å²) >= 11 is 4.96. The largest absolute Gasteiger partial charge is 0.325 e. The Hall–Kier alpha value is -1.77. The van der Waals surface area contributed by atoms with Gasteiger partial charge < -0.3 is 5.32 Å². The molecular formula is C17H15BrN2OS. The van der Waals surface area contributed by atoms with Crippen LogP contribution in [-0.2, 0) is 10.5 Å². The summed E-state index contributed by atoms with van der Waals surface area (Å²) < 4.78 is 0.998. The first-order chi connectivity index (χ1) is 10.6. The number of nitrogens with zero attached hydrogens (tertiary/aromatic N) is 1. The van der Waals surface area contributed by atoms with Gasteiger partial charge in [0.1, 0.15) is 0 Å². The average Bonchev–Trinajstić information content (AvgIpc) is 2.51. The molecule has 5 heteroatoms. The van der Waals surface area contributed by atoms with Crippen molar-refractivity contribution in [1.29, 1.82) is 5.26 Å². The fraction of sp³-hybridized carbons (Fsp3) is 0.176. The highest BCUT2D eigenvalue weighted by Crippen LogP contribution is 2.20. The first-order valence-corrected chi connectivity index (χ1v) is 8.66. The average molecular weight is 375 g/mol. The van der Waals surface area contributed by atoms with Gasteiger partial charge in [0.15, 0.2) is 0 Å². The van der Waals surface area contributed by atoms with Crippen LogP contribution in [0.4, 0.5) is 5.69 Å². The molecule has 0 radical (unpaired) electrons. The van der Waals surface area contributed by atoms with Crippen molar-refractivity contribution in [1.82, 2.24) is 0 Å². The van der Waals surface area contributed by atoms with E-state index < -0.39 is 0 Å². The topological polar surface area (TPSA) is 52.9 Å². The van der Waals surface area contributed by atoms with Crippen molar-refractivity contribution in [2.45, 2.75) is 12.7 Å². The van der Waals surface area contributed by atoms with Crippen molar-refractivity contribution in [2.24, 2.45) is 0 Å². The third kappa shape index (κ3) is 4.90. The first kappa shape index (κ1) is 16.6. The van der Waals surface area contributed by atoms with Gasteiger partial charge in [-0.1, -0.05) is 28.1 Å². The lowest BCUT2D eigenvalue weighted by Crippen LogP contribution is -2.14. The Morgan fingerprint density at radius 1 is 1.27 bits per heavy atom. The van der Waals surface area contributed by atoms with Crippen molar-refractivity contribution < 1.29 is 4.79 Å². The van der Waals surface area contributed by atoms with E-state index in [9.17, 15) is 4.79 Å². The number of anilines is 1. The highest BCUT2D eigenvalue weighted by Gasteiger charge is 2.05. The van der Waals surface area contributed by atoms with E-state index >= 15 is 0 Å². The SMILES string of the molecule is Cc1cc(Br)ccc1NC(=O)CSCc1ccc(C#N)cc1. The van der Waals surface area contributed by atoms with Gasteiger partial charge in [-0.15, -0.1) is 11.8 Å². The van der Waals surface area contributed by atoms with Gasteiger partial charge in [0.2, 0.25) is 5.91 Å². The lowest BCUT2D eigenvalue weighted by molar-refractivity contribution is -0.113. The summed E-state index contributed by atoms with van der Waals surface area (Å²) in [6.45, 7) is 1.96. The number of hydrogen-bond acceptors (Lipinski definition) is 3. The molecule has 1 N–H and O–H groups in total. The molecule has 0 heterocycles. The molecule has 0 saturated carbocycles. The summed E-state index contributed by atoms with van der Waals surface area (Å²) in [4.78, 5) is 12.0. The molecule has 2 aromatic carbocycles. The summed E-state index contributed by atoms with van der Waals surface area (Å²) in [6, 6.07) is 15.3. The zero-order valence-corrected chi connectivity index (χ0v) is 14.5. The number of amides is 1. The summed E-state index contributed by atoms with van der Waals surface area (Å²) in [5.41, 5.74) is 3.63. The second kappa shape index (κ2) is 8.02.